The number of methoxy groups -OCH3 is 1. The van der Waals surface area contributed by atoms with Gasteiger partial charge in [-0.25, -0.2) is 0 Å². The molecule has 0 radical (unpaired) electrons. The second-order valence-corrected chi connectivity index (χ2v) is 6.17. The van der Waals surface area contributed by atoms with Crippen LogP contribution in [0.1, 0.15) is 23.1 Å². The maximum absolute atomic E-state index is 12.1. The van der Waals surface area contributed by atoms with E-state index in [1.165, 1.54) is 11.1 Å². The first-order chi connectivity index (χ1) is 11.5. The van der Waals surface area contributed by atoms with Gasteiger partial charge in [0.2, 0.25) is 5.91 Å². The van der Waals surface area contributed by atoms with E-state index in [-0.39, 0.29) is 5.91 Å². The largest absolute Gasteiger partial charge is 0.495 e. The molecule has 0 unspecified atom stereocenters. The normalized spacial score (nSPS) is 10.5. The minimum atomic E-state index is -0.0635. The Labute approximate surface area is 148 Å². The van der Waals surface area contributed by atoms with Gasteiger partial charge in [0.25, 0.3) is 0 Å². The Bertz CT molecular complexity index is 699. The summed E-state index contributed by atoms with van der Waals surface area (Å²) in [6.07, 6.45) is 0.386. The van der Waals surface area contributed by atoms with Gasteiger partial charge in [0.05, 0.1) is 12.8 Å². The summed E-state index contributed by atoms with van der Waals surface area (Å²) in [6.45, 7) is 5.31. The third-order valence-corrected chi connectivity index (χ3v) is 4.14. The fraction of sp³-hybridized carbons (Fsp3) is 0.316. The molecule has 2 N–H and O–H groups in total. The summed E-state index contributed by atoms with van der Waals surface area (Å²) in [7, 11) is 1.56. The molecule has 2 aromatic carbocycles. The van der Waals surface area contributed by atoms with E-state index in [0.29, 0.717) is 29.4 Å². The highest BCUT2D eigenvalue weighted by Gasteiger charge is 2.10. The molecule has 2 aromatic rings. The van der Waals surface area contributed by atoms with Gasteiger partial charge in [-0.2, -0.15) is 0 Å². The van der Waals surface area contributed by atoms with Crippen molar-refractivity contribution in [3.8, 4) is 5.75 Å². The number of anilines is 1. The number of ether oxygens (including phenoxy) is 1. The van der Waals surface area contributed by atoms with E-state index in [2.05, 4.69) is 41.8 Å². The van der Waals surface area contributed by atoms with Gasteiger partial charge in [-0.05, 0) is 31.0 Å². The average molecular weight is 347 g/mol. The van der Waals surface area contributed by atoms with Crippen molar-refractivity contribution in [2.24, 2.45) is 0 Å². The van der Waals surface area contributed by atoms with Crippen LogP contribution in [0.4, 0.5) is 5.69 Å². The molecule has 2 rings (SSSR count). The lowest BCUT2D eigenvalue weighted by molar-refractivity contribution is -0.116. The molecule has 5 heteroatoms. The molecule has 4 nitrogen and oxygen atoms in total. The summed E-state index contributed by atoms with van der Waals surface area (Å²) in [4.78, 5) is 12.1. The zero-order valence-electron chi connectivity index (χ0n) is 14.3. The summed E-state index contributed by atoms with van der Waals surface area (Å²) in [5, 5.41) is 6.76. The van der Waals surface area contributed by atoms with Crippen molar-refractivity contribution in [3.63, 3.8) is 0 Å². The molecule has 1 amide bonds. The number of benzene rings is 2. The number of rotatable bonds is 7. The van der Waals surface area contributed by atoms with E-state index in [9.17, 15) is 4.79 Å². The van der Waals surface area contributed by atoms with Crippen LogP contribution in [-0.2, 0) is 11.3 Å². The molecule has 0 spiro atoms. The fourth-order valence-corrected chi connectivity index (χ4v) is 2.44. The minimum Gasteiger partial charge on any atom is -0.495 e. The van der Waals surface area contributed by atoms with Crippen LogP contribution in [0.2, 0.25) is 5.02 Å². The number of hydrogen-bond acceptors (Lipinski definition) is 3. The summed E-state index contributed by atoms with van der Waals surface area (Å²) < 4.78 is 5.26. The molecular formula is C19H23ClN2O2. The standard InChI is InChI=1S/C19H23ClN2O2/c1-13-4-6-15(7-5-13)12-21-9-8-19(23)22-17-10-14(2)16(20)11-18(17)24-3/h4-7,10-11,21H,8-9,12H2,1-3H3,(H,22,23). The molecule has 0 saturated heterocycles. The van der Waals surface area contributed by atoms with Gasteiger partial charge in [0, 0.05) is 30.6 Å². The molecular weight excluding hydrogens is 324 g/mol. The number of aryl methyl sites for hydroxylation is 2. The Balaban J connectivity index is 1.81. The average Bonchev–Trinajstić information content (AvgIpc) is 2.56. The van der Waals surface area contributed by atoms with E-state index in [4.69, 9.17) is 16.3 Å². The number of amides is 1. The van der Waals surface area contributed by atoms with Crippen LogP contribution in [0, 0.1) is 13.8 Å². The second-order valence-electron chi connectivity index (χ2n) is 5.76. The van der Waals surface area contributed by atoms with Crippen LogP contribution in [0.3, 0.4) is 0 Å². The monoisotopic (exact) mass is 346 g/mol. The Morgan fingerprint density at radius 2 is 1.88 bits per heavy atom. The Morgan fingerprint density at radius 1 is 1.17 bits per heavy atom. The smallest absolute Gasteiger partial charge is 0.225 e. The SMILES string of the molecule is COc1cc(Cl)c(C)cc1NC(=O)CCNCc1ccc(C)cc1. The molecule has 0 aliphatic carbocycles. The minimum absolute atomic E-state index is 0.0635. The highest BCUT2D eigenvalue weighted by Crippen LogP contribution is 2.30. The number of halogens is 1. The maximum atomic E-state index is 12.1. The lowest BCUT2D eigenvalue weighted by Gasteiger charge is -2.12. The second kappa shape index (κ2) is 8.71. The van der Waals surface area contributed by atoms with Crippen molar-refractivity contribution >= 4 is 23.2 Å². The van der Waals surface area contributed by atoms with Gasteiger partial charge in [0.15, 0.2) is 0 Å². The first kappa shape index (κ1) is 18.3. The van der Waals surface area contributed by atoms with Gasteiger partial charge in [-0.1, -0.05) is 41.4 Å². The van der Waals surface area contributed by atoms with Gasteiger partial charge in [0.1, 0.15) is 5.75 Å². The van der Waals surface area contributed by atoms with E-state index >= 15 is 0 Å². The van der Waals surface area contributed by atoms with Crippen LogP contribution in [0.15, 0.2) is 36.4 Å². The van der Waals surface area contributed by atoms with Gasteiger partial charge < -0.3 is 15.4 Å². The van der Waals surface area contributed by atoms with Crippen molar-refractivity contribution in [1.82, 2.24) is 5.32 Å². The summed E-state index contributed by atoms with van der Waals surface area (Å²) in [5.74, 6) is 0.498. The van der Waals surface area contributed by atoms with Gasteiger partial charge in [-0.15, -0.1) is 0 Å². The third-order valence-electron chi connectivity index (χ3n) is 3.73. The van der Waals surface area contributed by atoms with Crippen molar-refractivity contribution in [2.75, 3.05) is 19.0 Å². The Hall–Kier alpha value is -2.04. The van der Waals surface area contributed by atoms with E-state index in [0.717, 1.165) is 12.1 Å². The lowest BCUT2D eigenvalue weighted by Crippen LogP contribution is -2.21. The number of carbonyl (C=O) groups excluding carboxylic acids is 1. The predicted octanol–water partition coefficient (Wildman–Crippen LogP) is 4.08. The molecule has 128 valence electrons. The zero-order valence-corrected chi connectivity index (χ0v) is 15.0. The summed E-state index contributed by atoms with van der Waals surface area (Å²) in [6, 6.07) is 11.9. The van der Waals surface area contributed by atoms with E-state index in [1.807, 2.05) is 13.0 Å². The van der Waals surface area contributed by atoms with Gasteiger partial charge >= 0.3 is 0 Å². The topological polar surface area (TPSA) is 50.4 Å². The molecule has 0 atom stereocenters. The fourth-order valence-electron chi connectivity index (χ4n) is 2.28. The molecule has 0 bridgehead atoms. The van der Waals surface area contributed by atoms with Crippen LogP contribution in [-0.4, -0.2) is 19.6 Å². The first-order valence-corrected chi connectivity index (χ1v) is 8.27. The van der Waals surface area contributed by atoms with E-state index < -0.39 is 0 Å². The molecule has 0 saturated carbocycles. The highest BCUT2D eigenvalue weighted by molar-refractivity contribution is 6.31. The quantitative estimate of drug-likeness (QED) is 0.742. The predicted molar refractivity (Wildman–Crippen MR) is 98.9 cm³/mol. The number of hydrogen-bond donors (Lipinski definition) is 2. The number of carbonyl (C=O) groups is 1. The summed E-state index contributed by atoms with van der Waals surface area (Å²) in [5.41, 5.74) is 3.98. The van der Waals surface area contributed by atoms with Gasteiger partial charge in [-0.3, -0.25) is 4.79 Å². The molecule has 0 aliphatic heterocycles. The Kier molecular flexibility index (Phi) is 6.64. The first-order valence-electron chi connectivity index (χ1n) is 7.90. The molecule has 0 fully saturated rings. The van der Waals surface area contributed by atoms with Crippen LogP contribution in [0.25, 0.3) is 0 Å². The molecule has 0 aliphatic rings. The molecule has 24 heavy (non-hydrogen) atoms. The lowest BCUT2D eigenvalue weighted by atomic mass is 10.1. The van der Waals surface area contributed by atoms with Crippen LogP contribution >= 0.6 is 11.6 Å². The summed E-state index contributed by atoms with van der Waals surface area (Å²) >= 11 is 6.07. The van der Waals surface area contributed by atoms with Crippen molar-refractivity contribution in [1.29, 1.82) is 0 Å². The van der Waals surface area contributed by atoms with Crippen molar-refractivity contribution < 1.29 is 9.53 Å². The molecule has 0 heterocycles. The van der Waals surface area contributed by atoms with Crippen molar-refractivity contribution in [2.45, 2.75) is 26.8 Å². The third kappa shape index (κ3) is 5.25. The number of nitrogens with one attached hydrogen (secondary N) is 2. The van der Waals surface area contributed by atoms with Crippen LogP contribution < -0.4 is 15.4 Å². The van der Waals surface area contributed by atoms with E-state index in [1.54, 1.807) is 13.2 Å². The molecule has 0 aromatic heterocycles. The van der Waals surface area contributed by atoms with Crippen LogP contribution in [0.5, 0.6) is 5.75 Å². The highest BCUT2D eigenvalue weighted by atomic mass is 35.5. The zero-order chi connectivity index (χ0) is 17.5. The maximum Gasteiger partial charge on any atom is 0.225 e. The van der Waals surface area contributed by atoms with Crippen molar-refractivity contribution in [3.05, 3.63) is 58.1 Å². The Morgan fingerprint density at radius 3 is 2.54 bits per heavy atom.